The van der Waals surface area contributed by atoms with Crippen molar-refractivity contribution in [3.05, 3.63) is 59.7 Å². The first kappa shape index (κ1) is 14.1. The second-order valence-corrected chi connectivity index (χ2v) is 4.72. The predicted molar refractivity (Wildman–Crippen MR) is 77.6 cm³/mol. The Morgan fingerprint density at radius 3 is 2.55 bits per heavy atom. The number of para-hydroxylation sites is 1. The fourth-order valence-corrected chi connectivity index (χ4v) is 2.06. The molecule has 4 nitrogen and oxygen atoms in total. The van der Waals surface area contributed by atoms with Crippen LogP contribution in [0.15, 0.2) is 42.5 Å². The van der Waals surface area contributed by atoms with Crippen molar-refractivity contribution in [3.63, 3.8) is 0 Å². The van der Waals surface area contributed by atoms with E-state index >= 15 is 0 Å². The predicted octanol–water partition coefficient (Wildman–Crippen LogP) is 3.11. The zero-order valence-corrected chi connectivity index (χ0v) is 12.0. The number of imidazole rings is 1. The number of carbonyl (C=O) groups excluding carboxylic acids is 1. The Kier molecular flexibility index (Phi) is 4.03. The molecule has 4 heteroatoms. The molecular weight excluding hydrogens is 252 g/mol. The molecule has 0 radical (unpaired) electrons. The zero-order chi connectivity index (χ0) is 14.7. The Hall–Kier alpha value is -2.36. The summed E-state index contributed by atoms with van der Waals surface area (Å²) in [4.78, 5) is 16.0. The number of benzene rings is 1. The molecule has 104 valence electrons. The highest BCUT2D eigenvalue weighted by Crippen LogP contribution is 2.19. The van der Waals surface area contributed by atoms with E-state index in [0.29, 0.717) is 5.57 Å². The zero-order valence-electron chi connectivity index (χ0n) is 12.0. The lowest BCUT2D eigenvalue weighted by Gasteiger charge is -2.11. The molecule has 1 aromatic carbocycles. The summed E-state index contributed by atoms with van der Waals surface area (Å²) in [5, 5.41) is 0. The van der Waals surface area contributed by atoms with Crippen LogP contribution < -0.4 is 0 Å². The van der Waals surface area contributed by atoms with Gasteiger partial charge in [0.1, 0.15) is 12.4 Å². The van der Waals surface area contributed by atoms with E-state index < -0.39 is 0 Å². The Bertz CT molecular complexity index is 642. The number of esters is 1. The van der Waals surface area contributed by atoms with Crippen molar-refractivity contribution in [2.45, 2.75) is 27.4 Å². The Balaban J connectivity index is 2.34. The van der Waals surface area contributed by atoms with Gasteiger partial charge >= 0.3 is 5.97 Å². The third kappa shape index (κ3) is 2.79. The van der Waals surface area contributed by atoms with Crippen LogP contribution in [0, 0.1) is 13.8 Å². The molecule has 0 amide bonds. The summed E-state index contributed by atoms with van der Waals surface area (Å²) in [5.74, 6) is 0.484. The van der Waals surface area contributed by atoms with Gasteiger partial charge in [0.05, 0.1) is 11.4 Å². The number of rotatable bonds is 4. The molecule has 20 heavy (non-hydrogen) atoms. The van der Waals surface area contributed by atoms with E-state index in [1.807, 2.05) is 48.7 Å². The molecule has 0 saturated heterocycles. The molecule has 1 heterocycles. The molecular formula is C16H18N2O2. The van der Waals surface area contributed by atoms with E-state index in [-0.39, 0.29) is 12.6 Å². The highest BCUT2D eigenvalue weighted by molar-refractivity contribution is 5.86. The summed E-state index contributed by atoms with van der Waals surface area (Å²) in [6.45, 7) is 9.25. The number of nitrogens with zero attached hydrogens (tertiary/aromatic N) is 2. The monoisotopic (exact) mass is 270 g/mol. The number of carbonyl (C=O) groups is 1. The first-order valence-corrected chi connectivity index (χ1v) is 6.43. The second-order valence-electron chi connectivity index (χ2n) is 4.72. The average molecular weight is 270 g/mol. The minimum Gasteiger partial charge on any atom is -0.456 e. The van der Waals surface area contributed by atoms with Gasteiger partial charge in [0.15, 0.2) is 0 Å². The van der Waals surface area contributed by atoms with Crippen molar-refractivity contribution in [1.82, 2.24) is 9.55 Å². The lowest BCUT2D eigenvalue weighted by molar-refractivity contribution is -0.140. The van der Waals surface area contributed by atoms with Crippen LogP contribution >= 0.6 is 0 Å². The third-order valence-corrected chi connectivity index (χ3v) is 3.04. The van der Waals surface area contributed by atoms with E-state index in [0.717, 1.165) is 22.9 Å². The topological polar surface area (TPSA) is 44.1 Å². The van der Waals surface area contributed by atoms with Crippen molar-refractivity contribution < 1.29 is 9.53 Å². The average Bonchev–Trinajstić information content (AvgIpc) is 2.71. The highest BCUT2D eigenvalue weighted by Gasteiger charge is 2.15. The minimum atomic E-state index is -0.386. The number of hydrogen-bond donors (Lipinski definition) is 0. The van der Waals surface area contributed by atoms with Crippen molar-refractivity contribution in [1.29, 1.82) is 0 Å². The van der Waals surface area contributed by atoms with Crippen LogP contribution in [-0.4, -0.2) is 15.5 Å². The van der Waals surface area contributed by atoms with Gasteiger partial charge in [-0.15, -0.1) is 0 Å². The molecule has 0 aliphatic carbocycles. The van der Waals surface area contributed by atoms with Crippen LogP contribution in [0.1, 0.15) is 24.1 Å². The molecule has 2 rings (SSSR count). The standard InChI is InChI=1S/C16H18N2O2/c1-11(2)16(19)20-10-15-12(3)17-13(4)18(15)14-8-6-5-7-9-14/h5-9H,1,10H2,2-4H3. The smallest absolute Gasteiger partial charge is 0.333 e. The van der Waals surface area contributed by atoms with Crippen molar-refractivity contribution >= 4 is 5.97 Å². The van der Waals surface area contributed by atoms with Gasteiger partial charge in [0.25, 0.3) is 0 Å². The summed E-state index contributed by atoms with van der Waals surface area (Å²) in [6, 6.07) is 9.89. The maximum absolute atomic E-state index is 11.5. The molecule has 0 unspecified atom stereocenters. The molecule has 0 fully saturated rings. The van der Waals surface area contributed by atoms with Crippen molar-refractivity contribution in [2.24, 2.45) is 0 Å². The summed E-state index contributed by atoms with van der Waals surface area (Å²) in [5.41, 5.74) is 3.14. The Morgan fingerprint density at radius 1 is 1.30 bits per heavy atom. The van der Waals surface area contributed by atoms with Gasteiger partial charge < -0.3 is 4.74 Å². The largest absolute Gasteiger partial charge is 0.456 e. The summed E-state index contributed by atoms with van der Waals surface area (Å²) < 4.78 is 7.25. The van der Waals surface area contributed by atoms with E-state index in [1.54, 1.807) is 6.92 Å². The van der Waals surface area contributed by atoms with Crippen LogP contribution in [0.5, 0.6) is 0 Å². The Morgan fingerprint density at radius 2 is 1.95 bits per heavy atom. The normalized spacial score (nSPS) is 10.3. The van der Waals surface area contributed by atoms with E-state index in [2.05, 4.69) is 11.6 Å². The van der Waals surface area contributed by atoms with Crippen LogP contribution in [0.2, 0.25) is 0 Å². The SMILES string of the molecule is C=C(C)C(=O)OCc1c(C)nc(C)n1-c1ccccc1. The Labute approximate surface area is 118 Å². The van der Waals surface area contributed by atoms with Crippen LogP contribution in [0.3, 0.4) is 0 Å². The third-order valence-electron chi connectivity index (χ3n) is 3.04. The fraction of sp³-hybridized carbons (Fsp3) is 0.250. The first-order valence-electron chi connectivity index (χ1n) is 6.43. The van der Waals surface area contributed by atoms with Crippen LogP contribution in [0.25, 0.3) is 5.69 Å². The van der Waals surface area contributed by atoms with E-state index in [4.69, 9.17) is 4.74 Å². The quantitative estimate of drug-likeness (QED) is 0.633. The molecule has 0 atom stereocenters. The lowest BCUT2D eigenvalue weighted by Crippen LogP contribution is -2.09. The molecule has 0 spiro atoms. The van der Waals surface area contributed by atoms with Crippen molar-refractivity contribution in [2.75, 3.05) is 0 Å². The minimum absolute atomic E-state index is 0.188. The highest BCUT2D eigenvalue weighted by atomic mass is 16.5. The lowest BCUT2D eigenvalue weighted by atomic mass is 10.3. The van der Waals surface area contributed by atoms with Crippen molar-refractivity contribution in [3.8, 4) is 5.69 Å². The second kappa shape index (κ2) is 5.74. The number of aryl methyl sites for hydroxylation is 2. The summed E-state index contributed by atoms with van der Waals surface area (Å²) in [6.07, 6.45) is 0. The van der Waals surface area contributed by atoms with Gasteiger partial charge in [-0.3, -0.25) is 4.57 Å². The molecule has 0 saturated carbocycles. The molecule has 0 bridgehead atoms. The maximum Gasteiger partial charge on any atom is 0.333 e. The first-order chi connectivity index (χ1) is 9.50. The summed E-state index contributed by atoms with van der Waals surface area (Å²) >= 11 is 0. The van der Waals surface area contributed by atoms with E-state index in [9.17, 15) is 4.79 Å². The molecule has 1 aromatic heterocycles. The van der Waals surface area contributed by atoms with Gasteiger partial charge in [-0.25, -0.2) is 9.78 Å². The van der Waals surface area contributed by atoms with Crippen LogP contribution in [0.4, 0.5) is 0 Å². The molecule has 2 aromatic rings. The van der Waals surface area contributed by atoms with Gasteiger partial charge in [-0.05, 0) is 32.9 Å². The van der Waals surface area contributed by atoms with Gasteiger partial charge in [0.2, 0.25) is 0 Å². The van der Waals surface area contributed by atoms with Gasteiger partial charge in [-0.1, -0.05) is 24.8 Å². The number of aromatic nitrogens is 2. The van der Waals surface area contributed by atoms with Gasteiger partial charge in [-0.2, -0.15) is 0 Å². The molecule has 0 aliphatic rings. The fourth-order valence-electron chi connectivity index (χ4n) is 2.06. The molecule has 0 aliphatic heterocycles. The number of hydrogen-bond acceptors (Lipinski definition) is 3. The maximum atomic E-state index is 11.5. The number of ether oxygens (including phenoxy) is 1. The van der Waals surface area contributed by atoms with Crippen LogP contribution in [-0.2, 0) is 16.1 Å². The molecule has 0 N–H and O–H groups in total. The van der Waals surface area contributed by atoms with Gasteiger partial charge in [0, 0.05) is 11.3 Å². The van der Waals surface area contributed by atoms with E-state index in [1.165, 1.54) is 0 Å². The summed E-state index contributed by atoms with van der Waals surface area (Å²) in [7, 11) is 0.